The number of alkyl halides is 3. The summed E-state index contributed by atoms with van der Waals surface area (Å²) in [5.74, 6) is 0. The van der Waals surface area contributed by atoms with Crippen molar-refractivity contribution in [2.45, 2.75) is 39.0 Å². The zero-order valence-electron chi connectivity index (χ0n) is 17.5. The molecule has 1 N–H and O–H groups in total. The molecular weight excluding hydrogens is 409 g/mol. The third-order valence-corrected chi connectivity index (χ3v) is 6.21. The molecule has 0 spiro atoms. The number of amides is 1. The molecule has 2 atom stereocenters. The average molecular weight is 432 g/mol. The smallest absolute Gasteiger partial charge is 0.407 e. The van der Waals surface area contributed by atoms with Crippen molar-refractivity contribution in [3.63, 3.8) is 0 Å². The van der Waals surface area contributed by atoms with Gasteiger partial charge >= 0.3 is 12.3 Å². The van der Waals surface area contributed by atoms with Crippen LogP contribution in [0.4, 0.5) is 23.7 Å². The maximum absolute atomic E-state index is 14.1. The summed E-state index contributed by atoms with van der Waals surface area (Å²) in [6.45, 7) is 4.90. The molecule has 31 heavy (non-hydrogen) atoms. The number of halogens is 3. The summed E-state index contributed by atoms with van der Waals surface area (Å²) >= 11 is 0. The molecule has 2 unspecified atom stereocenters. The molecular formula is C22H23F3N4O2. The largest absolute Gasteiger partial charge is 0.444 e. The van der Waals surface area contributed by atoms with Crippen LogP contribution in [0.1, 0.15) is 32.8 Å². The number of nitrogens with zero attached hydrogens (tertiary/aromatic N) is 3. The first-order chi connectivity index (χ1) is 14.4. The number of rotatable bonds is 3. The number of ether oxygens (including phenoxy) is 1. The minimum Gasteiger partial charge on any atom is -0.444 e. The van der Waals surface area contributed by atoms with Crippen molar-refractivity contribution < 1.29 is 22.7 Å². The standard InChI is InChI=1S/C22H23F3N4O2/c1-19(2,3)31-18(30)28-11-20-10-21(20,22(23,24)25)13-29(12-20)16-7-6-14(9-26)17-15(16)5-4-8-27-17/h4-8H,10-13H2,1-3H3,(H,28,30). The number of carbonyl (C=O) groups excluding carboxylic acids is 1. The van der Waals surface area contributed by atoms with Gasteiger partial charge < -0.3 is 15.0 Å². The quantitative estimate of drug-likeness (QED) is 0.778. The number of carbonyl (C=O) groups is 1. The van der Waals surface area contributed by atoms with Crippen LogP contribution in [-0.2, 0) is 4.74 Å². The van der Waals surface area contributed by atoms with Crippen LogP contribution in [-0.4, -0.2) is 42.5 Å². The van der Waals surface area contributed by atoms with Gasteiger partial charge in [-0.25, -0.2) is 4.79 Å². The van der Waals surface area contributed by atoms with Crippen LogP contribution in [0.25, 0.3) is 10.9 Å². The second kappa shape index (κ2) is 6.74. The summed E-state index contributed by atoms with van der Waals surface area (Å²) in [5.41, 5.74) is -2.31. The Morgan fingerprint density at radius 3 is 2.68 bits per heavy atom. The third-order valence-electron chi connectivity index (χ3n) is 6.21. The first-order valence-corrected chi connectivity index (χ1v) is 9.98. The average Bonchev–Trinajstić information content (AvgIpc) is 3.21. The second-order valence-electron chi connectivity index (χ2n) is 9.39. The molecule has 2 aliphatic rings. The third kappa shape index (κ3) is 3.44. The molecule has 4 rings (SSSR count). The van der Waals surface area contributed by atoms with Gasteiger partial charge in [0.15, 0.2) is 0 Å². The monoisotopic (exact) mass is 432 g/mol. The van der Waals surface area contributed by atoms with E-state index in [4.69, 9.17) is 4.74 Å². The Kier molecular flexibility index (Phi) is 4.61. The molecule has 9 heteroatoms. The molecule has 2 fully saturated rings. The molecule has 2 heterocycles. The van der Waals surface area contributed by atoms with Gasteiger partial charge in [0.05, 0.1) is 16.5 Å². The first-order valence-electron chi connectivity index (χ1n) is 9.98. The van der Waals surface area contributed by atoms with Gasteiger partial charge in [-0.3, -0.25) is 4.98 Å². The normalized spacial score (nSPS) is 25.1. The lowest BCUT2D eigenvalue weighted by molar-refractivity contribution is -0.190. The predicted molar refractivity (Wildman–Crippen MR) is 108 cm³/mol. The number of pyridine rings is 1. The van der Waals surface area contributed by atoms with Crippen molar-refractivity contribution in [2.24, 2.45) is 10.8 Å². The Balaban J connectivity index is 1.63. The summed E-state index contributed by atoms with van der Waals surface area (Å²) < 4.78 is 47.6. The van der Waals surface area contributed by atoms with E-state index in [1.165, 1.54) is 0 Å². The van der Waals surface area contributed by atoms with Gasteiger partial charge in [0, 0.05) is 42.3 Å². The van der Waals surface area contributed by atoms with E-state index in [1.807, 2.05) is 0 Å². The van der Waals surface area contributed by atoms with Crippen molar-refractivity contribution in [2.75, 3.05) is 24.5 Å². The van der Waals surface area contributed by atoms with Gasteiger partial charge in [0.25, 0.3) is 0 Å². The van der Waals surface area contributed by atoms with Gasteiger partial charge in [-0.1, -0.05) is 0 Å². The van der Waals surface area contributed by atoms with Crippen LogP contribution in [0.5, 0.6) is 0 Å². The van der Waals surface area contributed by atoms with E-state index in [9.17, 15) is 23.2 Å². The van der Waals surface area contributed by atoms with Crippen LogP contribution < -0.4 is 10.2 Å². The molecule has 1 aliphatic heterocycles. The van der Waals surface area contributed by atoms with E-state index in [0.29, 0.717) is 22.2 Å². The van der Waals surface area contributed by atoms with Gasteiger partial charge in [-0.05, 0) is 51.5 Å². The molecule has 1 aromatic heterocycles. The van der Waals surface area contributed by atoms with Crippen LogP contribution in [0, 0.1) is 22.2 Å². The lowest BCUT2D eigenvalue weighted by Crippen LogP contribution is -2.39. The maximum atomic E-state index is 14.1. The van der Waals surface area contributed by atoms with Crippen LogP contribution >= 0.6 is 0 Å². The molecule has 1 aliphatic carbocycles. The summed E-state index contributed by atoms with van der Waals surface area (Å²) in [5, 5.41) is 12.5. The summed E-state index contributed by atoms with van der Waals surface area (Å²) in [7, 11) is 0. The Morgan fingerprint density at radius 2 is 2.03 bits per heavy atom. The minimum atomic E-state index is -4.40. The number of benzene rings is 1. The van der Waals surface area contributed by atoms with Crippen molar-refractivity contribution in [3.05, 3.63) is 36.0 Å². The Morgan fingerprint density at radius 1 is 1.29 bits per heavy atom. The van der Waals surface area contributed by atoms with Gasteiger partial charge in [-0.2, -0.15) is 18.4 Å². The Hall–Kier alpha value is -3.02. The zero-order chi connectivity index (χ0) is 22.7. The van der Waals surface area contributed by atoms with Crippen molar-refractivity contribution in [1.29, 1.82) is 5.26 Å². The highest BCUT2D eigenvalue weighted by Gasteiger charge is 2.83. The fourth-order valence-electron chi connectivity index (χ4n) is 4.74. The van der Waals surface area contributed by atoms with E-state index >= 15 is 0 Å². The molecule has 6 nitrogen and oxygen atoms in total. The lowest BCUT2D eigenvalue weighted by Gasteiger charge is -2.26. The minimum absolute atomic E-state index is 0.0394. The number of nitriles is 1. The number of hydrogen-bond donors (Lipinski definition) is 1. The van der Waals surface area contributed by atoms with E-state index in [2.05, 4.69) is 16.4 Å². The van der Waals surface area contributed by atoms with E-state index in [1.54, 1.807) is 56.1 Å². The number of hydrogen-bond acceptors (Lipinski definition) is 5. The SMILES string of the molecule is CC(C)(C)OC(=O)NCC12CN(c3ccc(C#N)c4ncccc34)CC1(C(F)(F)F)C2. The van der Waals surface area contributed by atoms with Crippen molar-refractivity contribution >= 4 is 22.7 Å². The van der Waals surface area contributed by atoms with E-state index in [0.717, 1.165) is 0 Å². The van der Waals surface area contributed by atoms with Gasteiger partial charge in [0.1, 0.15) is 11.7 Å². The fourth-order valence-corrected chi connectivity index (χ4v) is 4.74. The highest BCUT2D eigenvalue weighted by molar-refractivity contribution is 5.95. The topological polar surface area (TPSA) is 78.2 Å². The molecule has 0 radical (unpaired) electrons. The molecule has 164 valence electrons. The maximum Gasteiger partial charge on any atom is 0.407 e. The van der Waals surface area contributed by atoms with E-state index < -0.39 is 28.7 Å². The highest BCUT2D eigenvalue weighted by atomic mass is 19.4. The zero-order valence-corrected chi connectivity index (χ0v) is 17.5. The van der Waals surface area contributed by atoms with Crippen molar-refractivity contribution in [3.8, 4) is 6.07 Å². The van der Waals surface area contributed by atoms with E-state index in [-0.39, 0.29) is 26.1 Å². The second-order valence-corrected chi connectivity index (χ2v) is 9.39. The highest BCUT2D eigenvalue weighted by Crippen LogP contribution is 2.74. The fraction of sp³-hybridized carbons (Fsp3) is 0.500. The molecule has 1 saturated heterocycles. The number of fused-ring (bicyclic) bond motifs is 2. The van der Waals surface area contributed by atoms with Gasteiger partial charge in [-0.15, -0.1) is 0 Å². The van der Waals surface area contributed by atoms with Crippen LogP contribution in [0.3, 0.4) is 0 Å². The Bertz CT molecular complexity index is 1090. The summed E-state index contributed by atoms with van der Waals surface area (Å²) in [6, 6.07) is 8.79. The van der Waals surface area contributed by atoms with Crippen LogP contribution in [0.15, 0.2) is 30.5 Å². The number of piperidine rings is 1. The molecule has 1 aromatic carbocycles. The molecule has 1 amide bonds. The number of nitrogens with one attached hydrogen (secondary N) is 1. The molecule has 1 saturated carbocycles. The van der Waals surface area contributed by atoms with Crippen molar-refractivity contribution in [1.82, 2.24) is 10.3 Å². The molecule has 2 aromatic rings. The Labute approximate surface area is 178 Å². The molecule has 0 bridgehead atoms. The number of alkyl carbamates (subject to hydrolysis) is 1. The first kappa shape index (κ1) is 21.2. The number of anilines is 1. The summed E-state index contributed by atoms with van der Waals surface area (Å²) in [6.07, 6.45) is -3.62. The number of aromatic nitrogens is 1. The van der Waals surface area contributed by atoms with Gasteiger partial charge in [0.2, 0.25) is 0 Å². The summed E-state index contributed by atoms with van der Waals surface area (Å²) in [4.78, 5) is 18.0. The predicted octanol–water partition coefficient (Wildman–Crippen LogP) is 4.39. The lowest BCUT2D eigenvalue weighted by atomic mass is 9.95. The van der Waals surface area contributed by atoms with Crippen LogP contribution in [0.2, 0.25) is 0 Å².